The average molecular weight is 840 g/mol. The fraction of sp³-hybridized carbons (Fsp3) is 0.927. The van der Waals surface area contributed by atoms with Gasteiger partial charge < -0.3 is 68.3 Å². The van der Waals surface area contributed by atoms with E-state index >= 15 is 0 Å². The lowest BCUT2D eigenvalue weighted by Gasteiger charge is -2.49. The van der Waals surface area contributed by atoms with E-state index in [2.05, 4.69) is 10.3 Å². The highest BCUT2D eigenvalue weighted by molar-refractivity contribution is 6.05. The predicted octanol–water partition coefficient (Wildman–Crippen LogP) is 1.04. The minimum Gasteiger partial charge on any atom is -0.459 e. The lowest BCUT2D eigenvalue weighted by molar-refractivity contribution is -0.318. The number of cyclic esters (lactones) is 1. The minimum atomic E-state index is -1.82. The van der Waals surface area contributed by atoms with Crippen molar-refractivity contribution in [2.45, 2.75) is 192 Å². The van der Waals surface area contributed by atoms with E-state index in [0.717, 1.165) is 4.59 Å². The Labute approximate surface area is 352 Å². The number of ether oxygens (including phenoxy) is 6. The summed E-state index contributed by atoms with van der Waals surface area (Å²) in [5.41, 5.74) is -3.78. The molecule has 4 heterocycles. The first-order valence-electron chi connectivity index (χ1n) is 21.3. The fourth-order valence-corrected chi connectivity index (χ4v) is 9.55. The zero-order valence-electron chi connectivity index (χ0n) is 37.6. The van der Waals surface area contributed by atoms with Crippen LogP contribution < -0.4 is 0 Å². The van der Waals surface area contributed by atoms with Gasteiger partial charge in [0.15, 0.2) is 12.6 Å². The normalized spacial score (nSPS) is 45.1. The lowest BCUT2D eigenvalue weighted by atomic mass is 9.77. The molecule has 17 nitrogen and oxygen atoms in total. The van der Waals surface area contributed by atoms with E-state index in [0.29, 0.717) is 31.6 Å². The van der Waals surface area contributed by atoms with Gasteiger partial charge >= 0.3 is 5.97 Å². The SMILES string of the molecule is [B]n1cc(CCN(C)[C@H]2C[C@@H](C)O[C@@H](O[C@@H]3[C@@H](C)[C@H](O[C@H]4C[C@@](C)(OC)[C@@H](O)[C@H](C)O4)[C@@H](C)C(=O)O[C@H](CC)[C@@](C)(O)[C@H](O)[C@@H](C)N(C)C[C@H](C)C[C@@]3(C)O)[C@@H]2O)nn1. The monoisotopic (exact) mass is 840 g/mol. The van der Waals surface area contributed by atoms with Gasteiger partial charge in [-0.15, -0.1) is 5.10 Å². The van der Waals surface area contributed by atoms with Crippen molar-refractivity contribution in [3.05, 3.63) is 11.9 Å². The molecule has 0 saturated carbocycles. The Morgan fingerprint density at radius 1 is 1.02 bits per heavy atom. The molecule has 0 amide bonds. The second-order valence-corrected chi connectivity index (χ2v) is 18.6. The molecule has 3 saturated heterocycles. The van der Waals surface area contributed by atoms with Crippen LogP contribution in [0.15, 0.2) is 6.20 Å². The smallest absolute Gasteiger partial charge is 0.311 e. The number of carbonyl (C=O) groups excluding carboxylic acids is 1. The molecule has 0 bridgehead atoms. The van der Waals surface area contributed by atoms with Gasteiger partial charge in [0.05, 0.1) is 47.2 Å². The van der Waals surface area contributed by atoms with Crippen LogP contribution in [-0.4, -0.2) is 189 Å². The Hall–Kier alpha value is -1.81. The summed E-state index contributed by atoms with van der Waals surface area (Å²) < 4.78 is 39.1. The summed E-state index contributed by atoms with van der Waals surface area (Å²) in [5, 5.41) is 66.9. The Morgan fingerprint density at radius 3 is 2.27 bits per heavy atom. The van der Waals surface area contributed by atoms with E-state index in [1.54, 1.807) is 47.7 Å². The average Bonchev–Trinajstić information content (AvgIpc) is 3.59. The number of aliphatic hydroxyl groups excluding tert-OH is 3. The molecule has 3 fully saturated rings. The molecule has 5 N–H and O–H groups in total. The second-order valence-electron chi connectivity index (χ2n) is 18.6. The molecule has 0 aromatic carbocycles. The molecule has 1 aromatic rings. The third kappa shape index (κ3) is 11.6. The van der Waals surface area contributed by atoms with Gasteiger partial charge in [0.25, 0.3) is 7.98 Å². The van der Waals surface area contributed by atoms with Crippen LogP contribution in [-0.2, 0) is 39.6 Å². The highest BCUT2D eigenvalue weighted by Crippen LogP contribution is 2.40. The predicted molar refractivity (Wildman–Crippen MR) is 218 cm³/mol. The maximum absolute atomic E-state index is 14.3. The van der Waals surface area contributed by atoms with E-state index in [-0.39, 0.29) is 31.3 Å². The Bertz CT molecular complexity index is 1490. The number of aliphatic hydroxyl groups is 5. The van der Waals surface area contributed by atoms with Crippen molar-refractivity contribution in [2.24, 2.45) is 17.8 Å². The topological polar surface area (TPSA) is 211 Å². The molecular formula is C41H74BN5O12. The summed E-state index contributed by atoms with van der Waals surface area (Å²) in [6, 6.07) is -0.955. The van der Waals surface area contributed by atoms with Crippen LogP contribution in [0.3, 0.4) is 0 Å². The molecule has 0 aliphatic carbocycles. The summed E-state index contributed by atoms with van der Waals surface area (Å²) in [5.74, 6) is -2.73. The number of likely N-dealkylation sites (N-methyl/N-ethyl adjacent to an activating group) is 2. The van der Waals surface area contributed by atoms with Gasteiger partial charge in [-0.1, -0.05) is 26.0 Å². The van der Waals surface area contributed by atoms with Crippen molar-refractivity contribution in [1.29, 1.82) is 0 Å². The van der Waals surface area contributed by atoms with Crippen LogP contribution in [0.1, 0.15) is 101 Å². The number of aromatic nitrogens is 3. The zero-order chi connectivity index (χ0) is 44.4. The number of esters is 1. The first-order valence-corrected chi connectivity index (χ1v) is 21.3. The number of hydrogen-bond donors (Lipinski definition) is 5. The Morgan fingerprint density at radius 2 is 1.68 bits per heavy atom. The zero-order valence-corrected chi connectivity index (χ0v) is 37.6. The van der Waals surface area contributed by atoms with E-state index in [4.69, 9.17) is 36.4 Å². The van der Waals surface area contributed by atoms with Gasteiger partial charge in [0.2, 0.25) is 0 Å². The van der Waals surface area contributed by atoms with Crippen LogP contribution in [0.5, 0.6) is 0 Å². The summed E-state index contributed by atoms with van der Waals surface area (Å²) >= 11 is 0. The maximum atomic E-state index is 14.3. The van der Waals surface area contributed by atoms with E-state index in [1.807, 2.05) is 44.7 Å². The van der Waals surface area contributed by atoms with Gasteiger partial charge in [-0.25, -0.2) is 0 Å². The van der Waals surface area contributed by atoms with Crippen LogP contribution in [0.2, 0.25) is 0 Å². The summed E-state index contributed by atoms with van der Waals surface area (Å²) in [6.45, 7) is 18.5. The highest BCUT2D eigenvalue weighted by atomic mass is 16.7. The van der Waals surface area contributed by atoms with Crippen LogP contribution >= 0.6 is 0 Å². The number of methoxy groups -OCH3 is 1. The van der Waals surface area contributed by atoms with Gasteiger partial charge in [-0.05, 0) is 87.7 Å². The molecule has 18 heteroatoms. The standard InChI is InChI=1S/C41H74BN5O12/c1-14-30-41(10,53)34(49)26(6)46(12)20-22(2)18-39(8,52)36(59-38-32(48)29(17-23(3)55-38)45(11)16-15-28-21-47(42)44-43-28)24(4)33(25(5)37(51)57-30)58-31-19-40(9,54-13)35(50)27(7)56-31/h21-27,29-36,38,48-50,52-53H,14-20H2,1-13H3/t22-,23-,24+,25-,26-,27+,29+,30-,31+,32-,33+,34-,35+,36-,38+,39-,40-,41-/m1/s1. The number of nitrogens with zero attached hydrogens (tertiary/aromatic N) is 5. The van der Waals surface area contributed by atoms with Crippen molar-refractivity contribution in [3.8, 4) is 0 Å². The Kier molecular flexibility index (Phi) is 17.0. The van der Waals surface area contributed by atoms with Crippen molar-refractivity contribution in [3.63, 3.8) is 0 Å². The molecule has 1 aromatic heterocycles. The fourth-order valence-electron chi connectivity index (χ4n) is 9.55. The third-order valence-corrected chi connectivity index (χ3v) is 13.4. The quantitative estimate of drug-likeness (QED) is 0.165. The van der Waals surface area contributed by atoms with Gasteiger partial charge in [-0.2, -0.15) is 0 Å². The second kappa shape index (κ2) is 20.1. The van der Waals surface area contributed by atoms with Crippen LogP contribution in [0.25, 0.3) is 0 Å². The molecule has 3 aliphatic rings. The highest BCUT2D eigenvalue weighted by Gasteiger charge is 2.52. The molecule has 0 spiro atoms. The number of hydrogen-bond acceptors (Lipinski definition) is 16. The number of rotatable bonds is 10. The first kappa shape index (κ1) is 49.8. The van der Waals surface area contributed by atoms with Gasteiger partial charge in [0.1, 0.15) is 30.0 Å². The van der Waals surface area contributed by atoms with E-state index < -0.39 is 102 Å². The van der Waals surface area contributed by atoms with Crippen molar-refractivity contribution in [1.82, 2.24) is 24.7 Å². The third-order valence-electron chi connectivity index (χ3n) is 13.4. The van der Waals surface area contributed by atoms with E-state index in [9.17, 15) is 30.3 Å². The van der Waals surface area contributed by atoms with Crippen molar-refractivity contribution >= 4 is 14.0 Å². The van der Waals surface area contributed by atoms with E-state index in [1.165, 1.54) is 14.0 Å². The first-order chi connectivity index (χ1) is 27.4. The van der Waals surface area contributed by atoms with Crippen LogP contribution in [0.4, 0.5) is 0 Å². The van der Waals surface area contributed by atoms with Crippen molar-refractivity contribution in [2.75, 3.05) is 34.3 Å². The van der Waals surface area contributed by atoms with Crippen LogP contribution in [0, 0.1) is 17.8 Å². The molecule has 2 radical (unpaired) electrons. The molecule has 59 heavy (non-hydrogen) atoms. The van der Waals surface area contributed by atoms with Gasteiger partial charge in [-0.3, -0.25) is 4.79 Å². The summed E-state index contributed by atoms with van der Waals surface area (Å²) in [4.78, 5) is 18.3. The molecule has 4 rings (SSSR count). The molecular weight excluding hydrogens is 765 g/mol. The minimum absolute atomic E-state index is 0.110. The summed E-state index contributed by atoms with van der Waals surface area (Å²) in [7, 11) is 10.9. The molecule has 338 valence electrons. The lowest BCUT2D eigenvalue weighted by Crippen LogP contribution is -2.61. The van der Waals surface area contributed by atoms with Crippen molar-refractivity contribution < 1.29 is 58.7 Å². The Balaban J connectivity index is 1.77. The maximum Gasteiger partial charge on any atom is 0.311 e. The summed E-state index contributed by atoms with van der Waals surface area (Å²) in [6.07, 6.45) is -6.66. The molecule has 18 atom stereocenters. The largest absolute Gasteiger partial charge is 0.459 e. The molecule has 0 unspecified atom stereocenters. The van der Waals surface area contributed by atoms with Gasteiger partial charge in [0, 0.05) is 57.2 Å². The molecule has 3 aliphatic heterocycles. The number of carbonyl (C=O) groups is 1.